The summed E-state index contributed by atoms with van der Waals surface area (Å²) in [4.78, 5) is 0.957. The topological polar surface area (TPSA) is 9.23 Å². The van der Waals surface area contributed by atoms with Crippen LogP contribution in [0.25, 0.3) is 32.7 Å². The minimum atomic E-state index is 0.871. The summed E-state index contributed by atoms with van der Waals surface area (Å²) in [6, 6.07) is 25.1. The van der Waals surface area contributed by atoms with Crippen molar-refractivity contribution >= 4 is 34.2 Å². The summed E-state index contributed by atoms with van der Waals surface area (Å²) in [5.41, 5.74) is 2.23. The van der Waals surface area contributed by atoms with Gasteiger partial charge in [0.2, 0.25) is 0 Å². The van der Waals surface area contributed by atoms with Crippen molar-refractivity contribution in [2.45, 2.75) is 4.90 Å². The van der Waals surface area contributed by atoms with Gasteiger partial charge in [-0.1, -0.05) is 60.7 Å². The Hall–Kier alpha value is -2.45. The molecule has 0 radical (unpaired) electrons. The molecule has 4 rings (SSSR count). The Morgan fingerprint density at radius 2 is 1.22 bits per heavy atom. The summed E-state index contributed by atoms with van der Waals surface area (Å²) in [5.74, 6) is 0.871. The number of methoxy groups -OCH3 is 1. The lowest BCUT2D eigenvalue weighted by molar-refractivity contribution is 0.417. The number of benzene rings is 4. The van der Waals surface area contributed by atoms with Crippen molar-refractivity contribution in [3.8, 4) is 16.9 Å². The fraction of sp³-hybridized carbons (Fsp3) is 0.0476. The van der Waals surface area contributed by atoms with Crippen LogP contribution in [-0.4, -0.2) is 7.11 Å². The first-order valence-corrected chi connectivity index (χ1v) is 8.01. The molecule has 0 amide bonds. The van der Waals surface area contributed by atoms with Crippen LogP contribution < -0.4 is 4.74 Å². The van der Waals surface area contributed by atoms with E-state index in [4.69, 9.17) is 17.4 Å². The Balaban J connectivity index is 2.21. The molecule has 0 heterocycles. The molecule has 1 nitrogen and oxygen atoms in total. The molecule has 0 aromatic heterocycles. The van der Waals surface area contributed by atoms with Gasteiger partial charge in [0.15, 0.2) is 0 Å². The van der Waals surface area contributed by atoms with Crippen LogP contribution in [0, 0.1) is 0 Å². The van der Waals surface area contributed by atoms with Crippen molar-refractivity contribution in [1.82, 2.24) is 0 Å². The average Bonchev–Trinajstić information content (AvgIpc) is 2.61. The minimum absolute atomic E-state index is 0.871. The zero-order valence-corrected chi connectivity index (χ0v) is 13.7. The Morgan fingerprint density at radius 3 is 1.87 bits per heavy atom. The molecule has 4 aromatic rings. The van der Waals surface area contributed by atoms with Gasteiger partial charge in [0, 0.05) is 16.0 Å². The van der Waals surface area contributed by atoms with Crippen LogP contribution >= 0.6 is 12.6 Å². The van der Waals surface area contributed by atoms with Crippen LogP contribution in [-0.2, 0) is 0 Å². The van der Waals surface area contributed by atoms with Gasteiger partial charge in [0.25, 0.3) is 0 Å². The van der Waals surface area contributed by atoms with Crippen molar-refractivity contribution in [1.29, 1.82) is 0 Å². The summed E-state index contributed by atoms with van der Waals surface area (Å²) < 4.78 is 5.68. The Labute approximate surface area is 140 Å². The highest BCUT2D eigenvalue weighted by molar-refractivity contribution is 7.80. The second kappa shape index (κ2) is 5.64. The van der Waals surface area contributed by atoms with Crippen LogP contribution in [0.5, 0.6) is 5.75 Å². The maximum Gasteiger partial charge on any atom is 0.127 e. The van der Waals surface area contributed by atoms with Crippen molar-refractivity contribution < 1.29 is 4.74 Å². The molecule has 23 heavy (non-hydrogen) atoms. The highest BCUT2D eigenvalue weighted by Crippen LogP contribution is 2.43. The van der Waals surface area contributed by atoms with Crippen LogP contribution in [0.3, 0.4) is 0 Å². The Kier molecular flexibility index (Phi) is 3.47. The quantitative estimate of drug-likeness (QED) is 0.449. The van der Waals surface area contributed by atoms with E-state index in [-0.39, 0.29) is 0 Å². The number of hydrogen-bond acceptors (Lipinski definition) is 2. The third-order valence-corrected chi connectivity index (χ3v) is 4.64. The molecule has 0 saturated heterocycles. The molecule has 0 N–H and O–H groups in total. The highest BCUT2D eigenvalue weighted by Gasteiger charge is 2.15. The van der Waals surface area contributed by atoms with Crippen molar-refractivity contribution in [3.63, 3.8) is 0 Å². The number of thiol groups is 1. The Bertz CT molecular complexity index is 1020. The van der Waals surface area contributed by atoms with Gasteiger partial charge in [-0.25, -0.2) is 0 Å². The lowest BCUT2D eigenvalue weighted by Crippen LogP contribution is -1.92. The molecule has 0 aliphatic heterocycles. The number of hydrogen-bond donors (Lipinski definition) is 1. The van der Waals surface area contributed by atoms with Crippen LogP contribution in [0.2, 0.25) is 0 Å². The van der Waals surface area contributed by atoms with Gasteiger partial charge in [-0.3, -0.25) is 0 Å². The van der Waals surface area contributed by atoms with E-state index in [2.05, 4.69) is 66.7 Å². The van der Waals surface area contributed by atoms with E-state index in [0.29, 0.717) is 0 Å². The van der Waals surface area contributed by atoms with E-state index in [1.165, 1.54) is 21.5 Å². The van der Waals surface area contributed by atoms with Crippen molar-refractivity contribution in [3.05, 3.63) is 72.8 Å². The van der Waals surface area contributed by atoms with Gasteiger partial charge in [-0.15, -0.1) is 12.6 Å². The smallest absolute Gasteiger partial charge is 0.127 e. The molecule has 0 spiro atoms. The summed E-state index contributed by atoms with van der Waals surface area (Å²) in [6.07, 6.45) is 0. The molecule has 0 saturated carbocycles. The lowest BCUT2D eigenvalue weighted by atomic mass is 9.93. The first kappa shape index (κ1) is 14.2. The third kappa shape index (κ3) is 2.27. The number of rotatable bonds is 2. The number of ether oxygens (including phenoxy) is 1. The minimum Gasteiger partial charge on any atom is -0.496 e. The molecule has 112 valence electrons. The molecule has 0 aliphatic rings. The Morgan fingerprint density at radius 1 is 0.652 bits per heavy atom. The molecule has 4 aromatic carbocycles. The van der Waals surface area contributed by atoms with E-state index in [9.17, 15) is 0 Å². The molecule has 0 aliphatic carbocycles. The summed E-state index contributed by atoms with van der Waals surface area (Å²) in [6.45, 7) is 0. The van der Waals surface area contributed by atoms with Gasteiger partial charge >= 0.3 is 0 Å². The first-order chi connectivity index (χ1) is 11.3. The van der Waals surface area contributed by atoms with E-state index >= 15 is 0 Å². The first-order valence-electron chi connectivity index (χ1n) is 7.56. The molecule has 0 fully saturated rings. The maximum atomic E-state index is 5.68. The summed E-state index contributed by atoms with van der Waals surface area (Å²) in [5, 5.41) is 4.77. The third-order valence-electron chi connectivity index (χ3n) is 4.27. The fourth-order valence-electron chi connectivity index (χ4n) is 3.20. The predicted octanol–water partition coefficient (Wildman–Crippen LogP) is 5.96. The van der Waals surface area contributed by atoms with Crippen LogP contribution in [0.15, 0.2) is 77.7 Å². The van der Waals surface area contributed by atoms with Gasteiger partial charge < -0.3 is 4.74 Å². The average molecular weight is 316 g/mol. The molecule has 0 bridgehead atoms. The van der Waals surface area contributed by atoms with Gasteiger partial charge in [0.1, 0.15) is 5.75 Å². The van der Waals surface area contributed by atoms with Crippen molar-refractivity contribution in [2.75, 3.05) is 7.11 Å². The second-order valence-corrected chi connectivity index (χ2v) is 6.03. The van der Waals surface area contributed by atoms with Crippen LogP contribution in [0.4, 0.5) is 0 Å². The summed E-state index contributed by atoms with van der Waals surface area (Å²) in [7, 11) is 1.72. The van der Waals surface area contributed by atoms with E-state index in [1.54, 1.807) is 7.11 Å². The molecule has 2 heteroatoms. The largest absolute Gasteiger partial charge is 0.496 e. The van der Waals surface area contributed by atoms with Gasteiger partial charge in [0.05, 0.1) is 7.11 Å². The maximum absolute atomic E-state index is 5.68. The van der Waals surface area contributed by atoms with Crippen LogP contribution in [0.1, 0.15) is 0 Å². The van der Waals surface area contributed by atoms with E-state index < -0.39 is 0 Å². The highest BCUT2D eigenvalue weighted by atomic mass is 32.1. The zero-order chi connectivity index (χ0) is 15.8. The second-order valence-electron chi connectivity index (χ2n) is 5.54. The summed E-state index contributed by atoms with van der Waals surface area (Å²) >= 11 is 4.74. The van der Waals surface area contributed by atoms with Gasteiger partial charge in [-0.2, -0.15) is 0 Å². The normalized spacial score (nSPS) is 11.0. The predicted molar refractivity (Wildman–Crippen MR) is 101 cm³/mol. The molecule has 0 unspecified atom stereocenters. The van der Waals surface area contributed by atoms with E-state index in [0.717, 1.165) is 21.8 Å². The standard InChI is InChI=1S/C21H16OS/c1-22-18-12-10-14-6-2-4-8-16(14)20(18)21-17-9-5-3-7-15(17)11-13-19(21)23/h2-13,23H,1H3. The number of fused-ring (bicyclic) bond motifs is 2. The van der Waals surface area contributed by atoms with E-state index in [1.807, 2.05) is 6.07 Å². The molecular weight excluding hydrogens is 300 g/mol. The fourth-order valence-corrected chi connectivity index (χ4v) is 3.51. The molecular formula is C21H16OS. The SMILES string of the molecule is COc1ccc2ccccc2c1-c1c(S)ccc2ccccc12. The monoisotopic (exact) mass is 316 g/mol. The van der Waals surface area contributed by atoms with Gasteiger partial charge in [-0.05, 0) is 33.7 Å². The lowest BCUT2D eigenvalue weighted by Gasteiger charge is -2.16. The molecule has 0 atom stereocenters. The van der Waals surface area contributed by atoms with Crippen molar-refractivity contribution in [2.24, 2.45) is 0 Å². The zero-order valence-electron chi connectivity index (χ0n) is 12.8.